The Hall–Kier alpha value is -4.12. The summed E-state index contributed by atoms with van der Waals surface area (Å²) in [5.74, 6) is -0.720. The molecule has 1 fully saturated rings. The van der Waals surface area contributed by atoms with E-state index in [0.717, 1.165) is 6.20 Å². The fourth-order valence-electron chi connectivity index (χ4n) is 3.76. The number of benzene rings is 1. The average Bonchev–Trinajstić information content (AvgIpc) is 3.53. The number of rotatable bonds is 5. The number of carbonyl (C=O) groups is 1. The fourth-order valence-corrected chi connectivity index (χ4v) is 3.76. The molecular formula is C22H20FN7O3. The first kappa shape index (κ1) is 20.8. The van der Waals surface area contributed by atoms with E-state index in [1.807, 2.05) is 0 Å². The van der Waals surface area contributed by atoms with E-state index < -0.39 is 17.3 Å². The molecule has 1 aromatic carbocycles. The van der Waals surface area contributed by atoms with Gasteiger partial charge in [-0.05, 0) is 6.07 Å². The summed E-state index contributed by atoms with van der Waals surface area (Å²) in [4.78, 5) is 22.1. The Bertz CT molecular complexity index is 1350. The average molecular weight is 449 g/mol. The standard InChI is InChI=1S/C22H20FN7O3/c1-29-7-6-22(32,20(29)31)18-9-17(28-33-18)13-4-3-5-14(8-13)19-16(23)11-24-21(27-19)26-15-10-25-30(2)12-15/h3-5,8-12,32H,6-7H2,1-2H3,(H,24,26,27)/t22-/m1/s1. The van der Waals surface area contributed by atoms with Gasteiger partial charge in [0.2, 0.25) is 11.5 Å². The van der Waals surface area contributed by atoms with Crippen LogP contribution in [0, 0.1) is 5.82 Å². The van der Waals surface area contributed by atoms with Crippen molar-refractivity contribution in [3.05, 3.63) is 60.5 Å². The normalized spacial score (nSPS) is 18.2. The van der Waals surface area contributed by atoms with Crippen LogP contribution in [-0.2, 0) is 17.4 Å². The lowest BCUT2D eigenvalue weighted by Crippen LogP contribution is -2.35. The van der Waals surface area contributed by atoms with Crippen LogP contribution in [0.2, 0.25) is 0 Å². The van der Waals surface area contributed by atoms with Gasteiger partial charge in [-0.1, -0.05) is 23.4 Å². The third-order valence-electron chi connectivity index (χ3n) is 5.56. The van der Waals surface area contributed by atoms with Crippen LogP contribution >= 0.6 is 0 Å². The first-order valence-corrected chi connectivity index (χ1v) is 10.2. The topological polar surface area (TPSA) is 122 Å². The van der Waals surface area contributed by atoms with Gasteiger partial charge >= 0.3 is 0 Å². The molecule has 1 atom stereocenters. The third kappa shape index (κ3) is 3.72. The maximum atomic E-state index is 14.6. The molecule has 168 valence electrons. The van der Waals surface area contributed by atoms with Gasteiger partial charge in [0.05, 0.1) is 18.1 Å². The van der Waals surface area contributed by atoms with Crippen LogP contribution < -0.4 is 5.32 Å². The predicted octanol–water partition coefficient (Wildman–Crippen LogP) is 2.46. The monoisotopic (exact) mass is 449 g/mol. The highest BCUT2D eigenvalue weighted by Crippen LogP contribution is 2.35. The van der Waals surface area contributed by atoms with Crippen LogP contribution in [0.5, 0.6) is 0 Å². The molecule has 0 radical (unpaired) electrons. The van der Waals surface area contributed by atoms with Crippen LogP contribution in [-0.4, -0.2) is 54.4 Å². The van der Waals surface area contributed by atoms with Gasteiger partial charge < -0.3 is 19.8 Å². The highest BCUT2D eigenvalue weighted by molar-refractivity contribution is 5.87. The van der Waals surface area contributed by atoms with E-state index in [9.17, 15) is 14.3 Å². The zero-order chi connectivity index (χ0) is 23.2. The SMILES string of the molecule is CN1CC[C@@](O)(c2cc(-c3cccc(-c4nc(Nc5cnn(C)c5)ncc4F)c3)no2)C1=O. The van der Waals surface area contributed by atoms with Gasteiger partial charge in [-0.2, -0.15) is 5.10 Å². The Balaban J connectivity index is 1.45. The number of aromatic nitrogens is 5. The van der Waals surface area contributed by atoms with Gasteiger partial charge in [0.15, 0.2) is 11.6 Å². The number of carbonyl (C=O) groups excluding carboxylic acids is 1. The first-order valence-electron chi connectivity index (χ1n) is 10.2. The summed E-state index contributed by atoms with van der Waals surface area (Å²) in [6, 6.07) is 8.45. The van der Waals surface area contributed by atoms with Crippen molar-refractivity contribution < 1.29 is 18.8 Å². The number of likely N-dealkylation sites (N-methyl/N-ethyl adjacent to an activating group) is 1. The number of aryl methyl sites for hydroxylation is 1. The fraction of sp³-hybridized carbons (Fsp3) is 0.227. The quantitative estimate of drug-likeness (QED) is 0.477. The Morgan fingerprint density at radius 1 is 1.21 bits per heavy atom. The van der Waals surface area contributed by atoms with Crippen molar-refractivity contribution in [3.8, 4) is 22.5 Å². The van der Waals surface area contributed by atoms with Gasteiger partial charge in [0.1, 0.15) is 11.4 Å². The van der Waals surface area contributed by atoms with Gasteiger partial charge in [-0.15, -0.1) is 0 Å². The second-order valence-corrected chi connectivity index (χ2v) is 7.91. The molecular weight excluding hydrogens is 429 g/mol. The molecule has 4 heterocycles. The number of hydrogen-bond donors (Lipinski definition) is 2. The number of likely N-dealkylation sites (tertiary alicyclic amines) is 1. The zero-order valence-electron chi connectivity index (χ0n) is 17.9. The molecule has 10 nitrogen and oxygen atoms in total. The number of amides is 1. The number of anilines is 2. The molecule has 0 bridgehead atoms. The van der Waals surface area contributed by atoms with E-state index in [2.05, 4.69) is 25.5 Å². The van der Waals surface area contributed by atoms with Crippen LogP contribution in [0.25, 0.3) is 22.5 Å². The highest BCUT2D eigenvalue weighted by atomic mass is 19.1. The molecule has 33 heavy (non-hydrogen) atoms. The van der Waals surface area contributed by atoms with E-state index in [1.54, 1.807) is 55.4 Å². The van der Waals surface area contributed by atoms with E-state index in [4.69, 9.17) is 4.52 Å². The molecule has 1 amide bonds. The second-order valence-electron chi connectivity index (χ2n) is 7.91. The minimum absolute atomic E-state index is 0.0772. The van der Waals surface area contributed by atoms with Gasteiger partial charge in [0.25, 0.3) is 5.91 Å². The second kappa shape index (κ2) is 7.78. The van der Waals surface area contributed by atoms with Gasteiger partial charge in [-0.25, -0.2) is 14.4 Å². The largest absolute Gasteiger partial charge is 0.373 e. The Kier molecular flexibility index (Phi) is 4.90. The Morgan fingerprint density at radius 3 is 2.76 bits per heavy atom. The summed E-state index contributed by atoms with van der Waals surface area (Å²) in [5.41, 5.74) is 0.567. The molecule has 0 saturated carbocycles. The maximum Gasteiger partial charge on any atom is 0.262 e. The van der Waals surface area contributed by atoms with E-state index in [0.29, 0.717) is 29.1 Å². The lowest BCUT2D eigenvalue weighted by molar-refractivity contribution is -0.144. The van der Waals surface area contributed by atoms with Crippen LogP contribution in [0.15, 0.2) is 53.4 Å². The Labute approximate surface area is 187 Å². The van der Waals surface area contributed by atoms with Crippen molar-refractivity contribution in [1.29, 1.82) is 0 Å². The van der Waals surface area contributed by atoms with Gasteiger partial charge in [0, 0.05) is 50.5 Å². The highest BCUT2D eigenvalue weighted by Gasteiger charge is 2.48. The van der Waals surface area contributed by atoms with Crippen molar-refractivity contribution in [1.82, 2.24) is 29.8 Å². The van der Waals surface area contributed by atoms with E-state index >= 15 is 0 Å². The molecule has 1 saturated heterocycles. The lowest BCUT2D eigenvalue weighted by atomic mass is 9.97. The summed E-state index contributed by atoms with van der Waals surface area (Å²) >= 11 is 0. The molecule has 0 aliphatic carbocycles. The van der Waals surface area contributed by atoms with Crippen LogP contribution in [0.3, 0.4) is 0 Å². The summed E-state index contributed by atoms with van der Waals surface area (Å²) in [5, 5.41) is 21.9. The minimum atomic E-state index is -1.73. The lowest BCUT2D eigenvalue weighted by Gasteiger charge is -2.16. The molecule has 3 aromatic heterocycles. The van der Waals surface area contributed by atoms with Crippen LogP contribution in [0.1, 0.15) is 12.2 Å². The third-order valence-corrected chi connectivity index (χ3v) is 5.56. The van der Waals surface area contributed by atoms with Gasteiger partial charge in [-0.3, -0.25) is 9.48 Å². The van der Waals surface area contributed by atoms with E-state index in [-0.39, 0.29) is 23.8 Å². The van der Waals surface area contributed by atoms with Crippen molar-refractivity contribution in [2.45, 2.75) is 12.0 Å². The molecule has 2 N–H and O–H groups in total. The molecule has 11 heteroatoms. The Morgan fingerprint density at radius 2 is 2.03 bits per heavy atom. The number of nitrogens with one attached hydrogen (secondary N) is 1. The first-order chi connectivity index (χ1) is 15.8. The smallest absolute Gasteiger partial charge is 0.262 e. The summed E-state index contributed by atoms with van der Waals surface area (Å²) in [6.07, 6.45) is 4.67. The number of aliphatic hydroxyl groups is 1. The summed E-state index contributed by atoms with van der Waals surface area (Å²) in [6.45, 7) is 0.420. The molecule has 4 aromatic rings. The number of halogens is 1. The predicted molar refractivity (Wildman–Crippen MR) is 116 cm³/mol. The van der Waals surface area contributed by atoms with Crippen molar-refractivity contribution in [3.63, 3.8) is 0 Å². The molecule has 0 spiro atoms. The molecule has 5 rings (SSSR count). The summed E-state index contributed by atoms with van der Waals surface area (Å²) < 4.78 is 21.5. The number of nitrogens with zero attached hydrogens (tertiary/aromatic N) is 6. The molecule has 1 aliphatic rings. The number of hydrogen-bond acceptors (Lipinski definition) is 8. The maximum absolute atomic E-state index is 14.6. The molecule has 1 aliphatic heterocycles. The minimum Gasteiger partial charge on any atom is -0.373 e. The van der Waals surface area contributed by atoms with Crippen molar-refractivity contribution in [2.24, 2.45) is 7.05 Å². The zero-order valence-corrected chi connectivity index (χ0v) is 17.9. The van der Waals surface area contributed by atoms with Crippen molar-refractivity contribution >= 4 is 17.5 Å². The van der Waals surface area contributed by atoms with E-state index in [1.165, 1.54) is 11.0 Å². The summed E-state index contributed by atoms with van der Waals surface area (Å²) in [7, 11) is 3.40. The van der Waals surface area contributed by atoms with Crippen LogP contribution in [0.4, 0.5) is 16.0 Å². The van der Waals surface area contributed by atoms with Crippen molar-refractivity contribution in [2.75, 3.05) is 18.9 Å². The molecule has 0 unspecified atom stereocenters.